The number of pyridine rings is 1. The average molecular weight is 257 g/mol. The van der Waals surface area contributed by atoms with E-state index >= 15 is 0 Å². The van der Waals surface area contributed by atoms with Gasteiger partial charge in [0.2, 0.25) is 5.43 Å². The molecule has 0 fully saturated rings. The molecule has 98 valence electrons. The molecule has 2 rings (SSSR count). The van der Waals surface area contributed by atoms with Gasteiger partial charge in [0.05, 0.1) is 0 Å². The van der Waals surface area contributed by atoms with Crippen LogP contribution in [-0.4, -0.2) is 16.1 Å². The molecule has 0 radical (unpaired) electrons. The summed E-state index contributed by atoms with van der Waals surface area (Å²) < 4.78 is 0. The Balaban J connectivity index is 2.51. The number of hydrogen-bond donors (Lipinski definition) is 2. The van der Waals surface area contributed by atoms with Crippen molar-refractivity contribution in [3.63, 3.8) is 0 Å². The van der Waals surface area contributed by atoms with E-state index in [0.29, 0.717) is 17.0 Å². The highest BCUT2D eigenvalue weighted by molar-refractivity contribution is 5.88. The Morgan fingerprint density at radius 3 is 2.32 bits per heavy atom. The summed E-state index contributed by atoms with van der Waals surface area (Å²) in [5.41, 5.74) is 1.55. The number of aromatic nitrogens is 1. The maximum absolute atomic E-state index is 12.0. The van der Waals surface area contributed by atoms with Crippen LogP contribution in [-0.2, 0) is 0 Å². The zero-order valence-corrected chi connectivity index (χ0v) is 10.8. The number of aromatic amines is 1. The van der Waals surface area contributed by atoms with Crippen LogP contribution in [0.2, 0.25) is 0 Å². The first kappa shape index (κ1) is 13.1. The zero-order valence-electron chi connectivity index (χ0n) is 10.8. The molecule has 0 spiro atoms. The Labute approximate surface area is 110 Å². The maximum atomic E-state index is 12.0. The number of carboxylic acids is 1. The van der Waals surface area contributed by atoms with E-state index in [2.05, 4.69) is 18.8 Å². The number of H-pyrrole nitrogens is 1. The summed E-state index contributed by atoms with van der Waals surface area (Å²) in [5.74, 6) is -0.806. The van der Waals surface area contributed by atoms with Crippen LogP contribution in [0.3, 0.4) is 0 Å². The van der Waals surface area contributed by atoms with Crippen LogP contribution in [0.25, 0.3) is 11.1 Å². The van der Waals surface area contributed by atoms with E-state index < -0.39 is 11.4 Å². The van der Waals surface area contributed by atoms with Crippen LogP contribution in [0.5, 0.6) is 0 Å². The lowest BCUT2D eigenvalue weighted by Gasteiger charge is -2.07. The fourth-order valence-electron chi connectivity index (χ4n) is 1.91. The molecule has 0 aliphatic rings. The molecule has 1 aromatic carbocycles. The molecule has 0 unspecified atom stereocenters. The van der Waals surface area contributed by atoms with Gasteiger partial charge < -0.3 is 10.1 Å². The molecule has 0 amide bonds. The van der Waals surface area contributed by atoms with E-state index in [9.17, 15) is 9.59 Å². The summed E-state index contributed by atoms with van der Waals surface area (Å²) in [6.45, 7) is 4.18. The van der Waals surface area contributed by atoms with Crippen molar-refractivity contribution in [2.45, 2.75) is 19.8 Å². The highest BCUT2D eigenvalue weighted by Gasteiger charge is 2.12. The smallest absolute Gasteiger partial charge is 0.341 e. The van der Waals surface area contributed by atoms with Gasteiger partial charge >= 0.3 is 5.97 Å². The normalized spacial score (nSPS) is 10.7. The lowest BCUT2D eigenvalue weighted by molar-refractivity contribution is 0.0695. The molecule has 0 saturated carbocycles. The summed E-state index contributed by atoms with van der Waals surface area (Å²) in [4.78, 5) is 25.7. The number of aromatic carboxylic acids is 1. The first-order chi connectivity index (χ1) is 9.00. The van der Waals surface area contributed by atoms with Crippen LogP contribution in [0, 0.1) is 0 Å². The molecule has 19 heavy (non-hydrogen) atoms. The van der Waals surface area contributed by atoms with Gasteiger partial charge in [-0.15, -0.1) is 0 Å². The molecule has 2 N–H and O–H groups in total. The zero-order chi connectivity index (χ0) is 14.0. The minimum Gasteiger partial charge on any atom is -0.477 e. The summed E-state index contributed by atoms with van der Waals surface area (Å²) in [6.07, 6.45) is 2.73. The van der Waals surface area contributed by atoms with Crippen LogP contribution < -0.4 is 5.43 Å². The molecule has 0 aliphatic heterocycles. The van der Waals surface area contributed by atoms with Gasteiger partial charge in [-0.1, -0.05) is 38.1 Å². The predicted octanol–water partition coefficient (Wildman–Crippen LogP) is 2.86. The molecular formula is C15H15NO3. The molecule has 4 nitrogen and oxygen atoms in total. The van der Waals surface area contributed by atoms with Crippen molar-refractivity contribution in [3.05, 3.63) is 58.0 Å². The van der Waals surface area contributed by atoms with E-state index in [1.165, 1.54) is 18.0 Å². The molecule has 1 heterocycles. The largest absolute Gasteiger partial charge is 0.477 e. The van der Waals surface area contributed by atoms with E-state index in [-0.39, 0.29) is 5.56 Å². The standard InChI is InChI=1S/C15H15NO3/c1-9(2)10-3-5-11(6-4-10)12-7-16-8-13(14(12)17)15(18)19/h3-9H,1-2H3,(H,16,17)(H,18,19). The quantitative estimate of drug-likeness (QED) is 0.888. The lowest BCUT2D eigenvalue weighted by Crippen LogP contribution is -2.16. The van der Waals surface area contributed by atoms with E-state index in [0.717, 1.165) is 0 Å². The highest BCUT2D eigenvalue weighted by Crippen LogP contribution is 2.20. The summed E-state index contributed by atoms with van der Waals surface area (Å²) in [5, 5.41) is 8.93. The third-order valence-electron chi connectivity index (χ3n) is 3.06. The lowest BCUT2D eigenvalue weighted by atomic mass is 9.99. The second-order valence-electron chi connectivity index (χ2n) is 4.69. The number of nitrogens with one attached hydrogen (secondary N) is 1. The van der Waals surface area contributed by atoms with Crippen molar-refractivity contribution >= 4 is 5.97 Å². The van der Waals surface area contributed by atoms with Crippen molar-refractivity contribution in [1.29, 1.82) is 0 Å². The second kappa shape index (κ2) is 5.10. The average Bonchev–Trinajstić information content (AvgIpc) is 2.38. The highest BCUT2D eigenvalue weighted by atomic mass is 16.4. The number of rotatable bonds is 3. The van der Waals surface area contributed by atoms with Crippen molar-refractivity contribution in [2.24, 2.45) is 0 Å². The molecule has 2 aromatic rings. The first-order valence-corrected chi connectivity index (χ1v) is 6.05. The molecule has 4 heteroatoms. The Kier molecular flexibility index (Phi) is 3.51. The number of benzene rings is 1. The Bertz CT molecular complexity index is 654. The monoisotopic (exact) mass is 257 g/mol. The SMILES string of the molecule is CC(C)c1ccc(-c2c[nH]cc(C(=O)O)c2=O)cc1. The Hall–Kier alpha value is -2.36. The van der Waals surface area contributed by atoms with Crippen molar-refractivity contribution in [1.82, 2.24) is 4.98 Å². The van der Waals surface area contributed by atoms with Gasteiger partial charge in [-0.05, 0) is 17.0 Å². The van der Waals surface area contributed by atoms with Gasteiger partial charge in [0.15, 0.2) is 0 Å². The Morgan fingerprint density at radius 2 is 1.79 bits per heavy atom. The third-order valence-corrected chi connectivity index (χ3v) is 3.06. The summed E-state index contributed by atoms with van der Waals surface area (Å²) in [6, 6.07) is 7.58. The molecule has 0 saturated heterocycles. The van der Waals surface area contributed by atoms with Crippen molar-refractivity contribution in [3.8, 4) is 11.1 Å². The van der Waals surface area contributed by atoms with E-state index in [4.69, 9.17) is 5.11 Å². The van der Waals surface area contributed by atoms with Gasteiger partial charge in [-0.25, -0.2) is 4.79 Å². The minimum absolute atomic E-state index is 0.245. The van der Waals surface area contributed by atoms with Gasteiger partial charge in [0.25, 0.3) is 0 Å². The molecule has 0 aliphatic carbocycles. The van der Waals surface area contributed by atoms with Crippen molar-refractivity contribution < 1.29 is 9.90 Å². The van der Waals surface area contributed by atoms with E-state index in [1.54, 1.807) is 0 Å². The van der Waals surface area contributed by atoms with E-state index in [1.807, 2.05) is 24.3 Å². The van der Waals surface area contributed by atoms with Crippen LogP contribution in [0.1, 0.15) is 35.7 Å². The number of hydrogen-bond acceptors (Lipinski definition) is 2. The molecule has 0 bridgehead atoms. The fourth-order valence-corrected chi connectivity index (χ4v) is 1.91. The van der Waals surface area contributed by atoms with Gasteiger partial charge in [-0.3, -0.25) is 4.79 Å². The molecular weight excluding hydrogens is 242 g/mol. The minimum atomic E-state index is -1.22. The first-order valence-electron chi connectivity index (χ1n) is 6.05. The fraction of sp³-hybridized carbons (Fsp3) is 0.200. The Morgan fingerprint density at radius 1 is 1.16 bits per heavy atom. The topological polar surface area (TPSA) is 70.2 Å². The molecule has 0 atom stereocenters. The number of carboxylic acid groups (broad SMARTS) is 1. The van der Waals surface area contributed by atoms with Crippen LogP contribution in [0.15, 0.2) is 41.5 Å². The van der Waals surface area contributed by atoms with Crippen LogP contribution >= 0.6 is 0 Å². The van der Waals surface area contributed by atoms with Gasteiger partial charge in [0, 0.05) is 18.0 Å². The van der Waals surface area contributed by atoms with Gasteiger partial charge in [-0.2, -0.15) is 0 Å². The molecule has 1 aromatic heterocycles. The maximum Gasteiger partial charge on any atom is 0.341 e. The summed E-state index contributed by atoms with van der Waals surface area (Å²) >= 11 is 0. The van der Waals surface area contributed by atoms with Crippen molar-refractivity contribution in [2.75, 3.05) is 0 Å². The van der Waals surface area contributed by atoms with Gasteiger partial charge in [0.1, 0.15) is 5.56 Å². The summed E-state index contributed by atoms with van der Waals surface area (Å²) in [7, 11) is 0. The van der Waals surface area contributed by atoms with Crippen LogP contribution in [0.4, 0.5) is 0 Å². The predicted molar refractivity (Wildman–Crippen MR) is 73.5 cm³/mol. The third kappa shape index (κ3) is 2.57. The number of carbonyl (C=O) groups is 1. The second-order valence-corrected chi connectivity index (χ2v) is 4.69.